The van der Waals surface area contributed by atoms with Crippen LogP contribution in [0.4, 0.5) is 0 Å². The van der Waals surface area contributed by atoms with Crippen molar-refractivity contribution in [2.24, 2.45) is 0 Å². The van der Waals surface area contributed by atoms with Gasteiger partial charge in [-0.3, -0.25) is 9.59 Å². The monoisotopic (exact) mass is 421 g/mol. The third-order valence-electron chi connectivity index (χ3n) is 5.29. The molecule has 0 aliphatic carbocycles. The summed E-state index contributed by atoms with van der Waals surface area (Å²) in [6, 6.07) is 1.22. The van der Waals surface area contributed by atoms with Crippen molar-refractivity contribution in [2.45, 2.75) is 46.6 Å². The molecule has 2 amide bonds. The topological polar surface area (TPSA) is 114 Å². The van der Waals surface area contributed by atoms with Crippen LogP contribution in [0.15, 0.2) is 6.07 Å². The van der Waals surface area contributed by atoms with Crippen LogP contribution in [0, 0.1) is 20.8 Å². The maximum Gasteiger partial charge on any atom is 0.244 e. The van der Waals surface area contributed by atoms with Crippen molar-refractivity contribution in [2.75, 3.05) is 24.6 Å². The molecule has 1 unspecified atom stereocenters. The SMILES string of the molecule is Cc1cc2nc(C)c(CCC(=O)NC(C)C(=O)N3CCS(=O)(=O)CC3)c(C)n2n1. The number of aryl methyl sites for hydroxylation is 3. The summed E-state index contributed by atoms with van der Waals surface area (Å²) in [5.41, 5.74) is 4.45. The number of nitrogens with zero attached hydrogens (tertiary/aromatic N) is 4. The molecule has 1 N–H and O–H groups in total. The van der Waals surface area contributed by atoms with E-state index in [1.165, 1.54) is 4.90 Å². The van der Waals surface area contributed by atoms with E-state index in [0.717, 1.165) is 28.3 Å². The molecule has 0 aromatic carbocycles. The zero-order valence-corrected chi connectivity index (χ0v) is 18.0. The Morgan fingerprint density at radius 1 is 1.21 bits per heavy atom. The molecule has 1 saturated heterocycles. The van der Waals surface area contributed by atoms with E-state index in [0.29, 0.717) is 6.42 Å². The van der Waals surface area contributed by atoms with E-state index in [-0.39, 0.29) is 42.8 Å². The molecule has 0 bridgehead atoms. The van der Waals surface area contributed by atoms with Crippen LogP contribution in [-0.4, -0.2) is 70.4 Å². The fourth-order valence-corrected chi connectivity index (χ4v) is 4.82. The smallest absolute Gasteiger partial charge is 0.244 e. The molecular weight excluding hydrogens is 394 g/mol. The number of rotatable bonds is 5. The van der Waals surface area contributed by atoms with E-state index in [9.17, 15) is 18.0 Å². The molecular formula is C19H27N5O4S. The zero-order chi connectivity index (χ0) is 21.3. The number of carbonyl (C=O) groups excluding carboxylic acids is 2. The first-order valence-corrected chi connectivity index (χ1v) is 11.5. The fraction of sp³-hybridized carbons (Fsp3) is 0.579. The van der Waals surface area contributed by atoms with Crippen molar-refractivity contribution in [3.63, 3.8) is 0 Å². The van der Waals surface area contributed by atoms with E-state index >= 15 is 0 Å². The Hall–Kier alpha value is -2.49. The minimum Gasteiger partial charge on any atom is -0.345 e. The van der Waals surface area contributed by atoms with Crippen LogP contribution < -0.4 is 5.32 Å². The summed E-state index contributed by atoms with van der Waals surface area (Å²) >= 11 is 0. The second-order valence-corrected chi connectivity index (χ2v) is 9.89. The van der Waals surface area contributed by atoms with Gasteiger partial charge >= 0.3 is 0 Å². The Kier molecular flexibility index (Phi) is 5.92. The van der Waals surface area contributed by atoms with Gasteiger partial charge in [0.25, 0.3) is 0 Å². The number of amides is 2. The predicted octanol–water partition coefficient (Wildman–Crippen LogP) is 0.349. The van der Waals surface area contributed by atoms with Gasteiger partial charge in [-0.25, -0.2) is 17.9 Å². The Balaban J connectivity index is 1.58. The second kappa shape index (κ2) is 8.10. The molecule has 0 radical (unpaired) electrons. The van der Waals surface area contributed by atoms with Gasteiger partial charge in [0.2, 0.25) is 11.8 Å². The molecule has 3 rings (SSSR count). The van der Waals surface area contributed by atoms with Crippen molar-refractivity contribution in [3.05, 3.63) is 28.7 Å². The Morgan fingerprint density at radius 2 is 1.86 bits per heavy atom. The Morgan fingerprint density at radius 3 is 2.52 bits per heavy atom. The highest BCUT2D eigenvalue weighted by Gasteiger charge is 2.28. The van der Waals surface area contributed by atoms with Gasteiger partial charge < -0.3 is 10.2 Å². The van der Waals surface area contributed by atoms with Gasteiger partial charge in [-0.15, -0.1) is 0 Å². The molecule has 0 spiro atoms. The lowest BCUT2D eigenvalue weighted by Crippen LogP contribution is -2.51. The zero-order valence-electron chi connectivity index (χ0n) is 17.2. The van der Waals surface area contributed by atoms with Gasteiger partial charge in [0.15, 0.2) is 15.5 Å². The van der Waals surface area contributed by atoms with E-state index in [1.54, 1.807) is 11.4 Å². The quantitative estimate of drug-likeness (QED) is 0.745. The van der Waals surface area contributed by atoms with Crippen molar-refractivity contribution in [1.82, 2.24) is 24.8 Å². The first-order chi connectivity index (χ1) is 13.6. The van der Waals surface area contributed by atoms with E-state index in [1.807, 2.05) is 26.8 Å². The normalized spacial score (nSPS) is 17.3. The van der Waals surface area contributed by atoms with Gasteiger partial charge in [-0.2, -0.15) is 5.10 Å². The average molecular weight is 422 g/mol. The number of carbonyl (C=O) groups is 2. The maximum absolute atomic E-state index is 12.5. The van der Waals surface area contributed by atoms with Crippen LogP contribution in [0.3, 0.4) is 0 Å². The van der Waals surface area contributed by atoms with Crippen molar-refractivity contribution < 1.29 is 18.0 Å². The minimum absolute atomic E-state index is 0.0274. The number of nitrogens with one attached hydrogen (secondary N) is 1. The molecule has 158 valence electrons. The summed E-state index contributed by atoms with van der Waals surface area (Å²) in [4.78, 5) is 30.9. The molecule has 1 aliphatic rings. The highest BCUT2D eigenvalue weighted by molar-refractivity contribution is 7.91. The number of hydrogen-bond donors (Lipinski definition) is 1. The third-order valence-corrected chi connectivity index (χ3v) is 6.90. The summed E-state index contributed by atoms with van der Waals surface area (Å²) in [6.45, 7) is 7.76. The van der Waals surface area contributed by atoms with Crippen LogP contribution in [0.2, 0.25) is 0 Å². The molecule has 1 aliphatic heterocycles. The van der Waals surface area contributed by atoms with Crippen molar-refractivity contribution >= 4 is 27.3 Å². The first-order valence-electron chi connectivity index (χ1n) is 9.68. The molecule has 0 saturated carbocycles. The van der Waals surface area contributed by atoms with Crippen molar-refractivity contribution in [1.29, 1.82) is 0 Å². The van der Waals surface area contributed by atoms with Crippen LogP contribution in [0.25, 0.3) is 5.65 Å². The van der Waals surface area contributed by atoms with Crippen LogP contribution in [-0.2, 0) is 25.8 Å². The highest BCUT2D eigenvalue weighted by Crippen LogP contribution is 2.17. The van der Waals surface area contributed by atoms with Crippen LogP contribution in [0.1, 0.15) is 36.0 Å². The molecule has 1 fully saturated rings. The summed E-state index contributed by atoms with van der Waals surface area (Å²) in [5.74, 6) is -0.539. The average Bonchev–Trinajstić information content (AvgIpc) is 3.01. The molecule has 1 atom stereocenters. The Labute approximate surface area is 170 Å². The van der Waals surface area contributed by atoms with E-state index in [4.69, 9.17) is 0 Å². The number of fused-ring (bicyclic) bond motifs is 1. The van der Waals surface area contributed by atoms with E-state index < -0.39 is 15.9 Å². The van der Waals surface area contributed by atoms with Gasteiger partial charge in [-0.1, -0.05) is 0 Å². The molecule has 2 aromatic heterocycles. The molecule has 29 heavy (non-hydrogen) atoms. The largest absolute Gasteiger partial charge is 0.345 e. The lowest BCUT2D eigenvalue weighted by Gasteiger charge is -2.29. The second-order valence-electron chi connectivity index (χ2n) is 7.58. The molecule has 3 heterocycles. The summed E-state index contributed by atoms with van der Waals surface area (Å²) in [5, 5.41) is 7.16. The highest BCUT2D eigenvalue weighted by atomic mass is 32.2. The van der Waals surface area contributed by atoms with Gasteiger partial charge in [0, 0.05) is 37.0 Å². The van der Waals surface area contributed by atoms with Crippen LogP contribution >= 0.6 is 0 Å². The van der Waals surface area contributed by atoms with Gasteiger partial charge in [-0.05, 0) is 39.7 Å². The molecule has 10 heteroatoms. The maximum atomic E-state index is 12.5. The van der Waals surface area contributed by atoms with Gasteiger partial charge in [0.1, 0.15) is 6.04 Å². The van der Waals surface area contributed by atoms with E-state index in [2.05, 4.69) is 15.4 Å². The fourth-order valence-electron chi connectivity index (χ4n) is 3.62. The van der Waals surface area contributed by atoms with Gasteiger partial charge in [0.05, 0.1) is 17.2 Å². The molecule has 9 nitrogen and oxygen atoms in total. The predicted molar refractivity (Wildman–Crippen MR) is 108 cm³/mol. The summed E-state index contributed by atoms with van der Waals surface area (Å²) < 4.78 is 24.8. The number of aromatic nitrogens is 3. The third kappa shape index (κ3) is 4.75. The van der Waals surface area contributed by atoms with Crippen molar-refractivity contribution in [3.8, 4) is 0 Å². The lowest BCUT2D eigenvalue weighted by atomic mass is 10.1. The number of sulfone groups is 1. The first kappa shape index (κ1) is 21.2. The Bertz CT molecular complexity index is 1050. The molecule has 2 aromatic rings. The minimum atomic E-state index is -3.05. The number of hydrogen-bond acceptors (Lipinski definition) is 6. The van der Waals surface area contributed by atoms with Crippen LogP contribution in [0.5, 0.6) is 0 Å². The summed E-state index contributed by atoms with van der Waals surface area (Å²) in [6.07, 6.45) is 0.718. The summed E-state index contributed by atoms with van der Waals surface area (Å²) in [7, 11) is -3.05. The standard InChI is InChI=1S/C19H27N5O4S/c1-12-11-17-20-13(2)16(15(4)24(17)22-12)5-6-18(25)21-14(3)19(26)23-7-9-29(27,28)10-8-23/h11,14H,5-10H2,1-4H3,(H,21,25). The lowest BCUT2D eigenvalue weighted by molar-refractivity contribution is -0.135.